The quantitative estimate of drug-likeness (QED) is 0.763. The first kappa shape index (κ1) is 16.8. The number of carbonyl (C=O) groups excluding carboxylic acids is 1. The SMILES string of the molecule is Cc1cc(C(=O)NC[C@H](c2ccco2)N2CCCC2)c2ccccc2n1. The topological polar surface area (TPSA) is 58.4 Å². The molecule has 134 valence electrons. The van der Waals surface area contributed by atoms with E-state index in [0.717, 1.165) is 35.4 Å². The van der Waals surface area contributed by atoms with E-state index in [2.05, 4.69) is 15.2 Å². The molecule has 0 aliphatic carbocycles. The van der Waals surface area contributed by atoms with Crippen LogP contribution in [0.1, 0.15) is 40.7 Å². The van der Waals surface area contributed by atoms with E-state index in [9.17, 15) is 4.79 Å². The molecule has 1 aromatic carbocycles. The number of nitrogens with one attached hydrogen (secondary N) is 1. The molecule has 3 aromatic rings. The Hall–Kier alpha value is -2.66. The van der Waals surface area contributed by atoms with Gasteiger partial charge >= 0.3 is 0 Å². The van der Waals surface area contributed by atoms with Gasteiger partial charge in [-0.1, -0.05) is 18.2 Å². The van der Waals surface area contributed by atoms with Gasteiger partial charge < -0.3 is 9.73 Å². The maximum absolute atomic E-state index is 12.9. The average Bonchev–Trinajstić information content (AvgIpc) is 3.35. The van der Waals surface area contributed by atoms with E-state index in [0.29, 0.717) is 12.1 Å². The summed E-state index contributed by atoms with van der Waals surface area (Å²) in [4.78, 5) is 19.8. The highest BCUT2D eigenvalue weighted by Crippen LogP contribution is 2.25. The molecule has 0 saturated carbocycles. The predicted molar refractivity (Wildman–Crippen MR) is 101 cm³/mol. The number of aromatic nitrogens is 1. The van der Waals surface area contributed by atoms with Crippen LogP contribution in [0.25, 0.3) is 10.9 Å². The third-order valence-electron chi connectivity index (χ3n) is 5.00. The number of amides is 1. The Morgan fingerprint density at radius 1 is 1.23 bits per heavy atom. The van der Waals surface area contributed by atoms with E-state index < -0.39 is 0 Å². The van der Waals surface area contributed by atoms with Crippen molar-refractivity contribution in [3.8, 4) is 0 Å². The lowest BCUT2D eigenvalue weighted by molar-refractivity contribution is 0.0935. The predicted octanol–water partition coefficient (Wildman–Crippen LogP) is 3.70. The number of hydrogen-bond donors (Lipinski definition) is 1. The summed E-state index contributed by atoms with van der Waals surface area (Å²) in [5.41, 5.74) is 2.36. The minimum absolute atomic E-state index is 0.0672. The number of aryl methyl sites for hydroxylation is 1. The number of nitrogens with zero attached hydrogens (tertiary/aromatic N) is 2. The first-order chi connectivity index (χ1) is 12.7. The standard InChI is InChI=1S/C21H23N3O2/c1-15-13-17(16-7-2-3-8-18(16)23-15)21(25)22-14-19(20-9-6-12-26-20)24-10-4-5-11-24/h2-3,6-9,12-13,19H,4-5,10-11,14H2,1H3,(H,22,25)/t19-/m1/s1. The summed E-state index contributed by atoms with van der Waals surface area (Å²) in [6.45, 7) is 4.53. The number of hydrogen-bond acceptors (Lipinski definition) is 4. The minimum Gasteiger partial charge on any atom is -0.468 e. The molecular weight excluding hydrogens is 326 g/mol. The fraction of sp³-hybridized carbons (Fsp3) is 0.333. The number of benzene rings is 1. The number of para-hydroxylation sites is 1. The number of carbonyl (C=O) groups is 1. The van der Waals surface area contributed by atoms with Crippen LogP contribution in [-0.2, 0) is 0 Å². The summed E-state index contributed by atoms with van der Waals surface area (Å²) in [5.74, 6) is 0.838. The van der Waals surface area contributed by atoms with Gasteiger partial charge in [-0.2, -0.15) is 0 Å². The van der Waals surface area contributed by atoms with Crippen molar-refractivity contribution in [1.82, 2.24) is 15.2 Å². The summed E-state index contributed by atoms with van der Waals surface area (Å²) in [5, 5.41) is 4.00. The van der Waals surface area contributed by atoms with E-state index in [1.807, 2.05) is 49.4 Å². The first-order valence-corrected chi connectivity index (χ1v) is 9.14. The zero-order chi connectivity index (χ0) is 17.9. The summed E-state index contributed by atoms with van der Waals surface area (Å²) >= 11 is 0. The maximum atomic E-state index is 12.9. The Balaban J connectivity index is 1.56. The molecular formula is C21H23N3O2. The van der Waals surface area contributed by atoms with Crippen LogP contribution in [0.2, 0.25) is 0 Å². The first-order valence-electron chi connectivity index (χ1n) is 9.14. The Morgan fingerprint density at radius 3 is 2.81 bits per heavy atom. The Labute approximate surface area is 153 Å². The van der Waals surface area contributed by atoms with Gasteiger partial charge in [-0.05, 0) is 57.1 Å². The molecule has 26 heavy (non-hydrogen) atoms. The fourth-order valence-electron chi connectivity index (χ4n) is 3.72. The molecule has 1 N–H and O–H groups in total. The maximum Gasteiger partial charge on any atom is 0.252 e. The molecule has 2 aromatic heterocycles. The van der Waals surface area contributed by atoms with Crippen molar-refractivity contribution >= 4 is 16.8 Å². The van der Waals surface area contributed by atoms with Gasteiger partial charge in [-0.25, -0.2) is 0 Å². The molecule has 1 aliphatic rings. The van der Waals surface area contributed by atoms with Crippen LogP contribution in [0, 0.1) is 6.92 Å². The van der Waals surface area contributed by atoms with Crippen molar-refractivity contribution in [1.29, 1.82) is 0 Å². The van der Waals surface area contributed by atoms with Gasteiger partial charge in [0.25, 0.3) is 5.91 Å². The monoisotopic (exact) mass is 349 g/mol. The molecule has 5 heteroatoms. The average molecular weight is 349 g/mol. The van der Waals surface area contributed by atoms with E-state index in [1.54, 1.807) is 6.26 Å². The third-order valence-corrected chi connectivity index (χ3v) is 5.00. The van der Waals surface area contributed by atoms with E-state index in [4.69, 9.17) is 4.42 Å². The van der Waals surface area contributed by atoms with Gasteiger partial charge in [0.2, 0.25) is 0 Å². The summed E-state index contributed by atoms with van der Waals surface area (Å²) < 4.78 is 5.63. The lowest BCUT2D eigenvalue weighted by Crippen LogP contribution is -2.36. The molecule has 0 bridgehead atoms. The van der Waals surface area contributed by atoms with E-state index >= 15 is 0 Å². The molecule has 1 amide bonds. The molecule has 1 aliphatic heterocycles. The molecule has 3 heterocycles. The lowest BCUT2D eigenvalue weighted by Gasteiger charge is -2.26. The fourth-order valence-corrected chi connectivity index (χ4v) is 3.72. The number of rotatable bonds is 5. The van der Waals surface area contributed by atoms with Crippen LogP contribution in [0.15, 0.2) is 53.1 Å². The zero-order valence-electron chi connectivity index (χ0n) is 14.9. The molecule has 1 atom stereocenters. The smallest absolute Gasteiger partial charge is 0.252 e. The van der Waals surface area contributed by atoms with Crippen LogP contribution in [0.3, 0.4) is 0 Å². The van der Waals surface area contributed by atoms with Gasteiger partial charge in [0.05, 0.1) is 23.4 Å². The van der Waals surface area contributed by atoms with Crippen molar-refractivity contribution in [2.45, 2.75) is 25.8 Å². The highest BCUT2D eigenvalue weighted by Gasteiger charge is 2.26. The summed E-state index contributed by atoms with van der Waals surface area (Å²) in [7, 11) is 0. The Morgan fingerprint density at radius 2 is 2.04 bits per heavy atom. The van der Waals surface area contributed by atoms with Crippen molar-refractivity contribution in [2.75, 3.05) is 19.6 Å². The van der Waals surface area contributed by atoms with Crippen LogP contribution < -0.4 is 5.32 Å². The van der Waals surface area contributed by atoms with Gasteiger partial charge in [-0.3, -0.25) is 14.7 Å². The minimum atomic E-state index is -0.0672. The largest absolute Gasteiger partial charge is 0.468 e. The summed E-state index contributed by atoms with van der Waals surface area (Å²) in [6.07, 6.45) is 4.08. The second-order valence-corrected chi connectivity index (χ2v) is 6.81. The highest BCUT2D eigenvalue weighted by atomic mass is 16.3. The highest BCUT2D eigenvalue weighted by molar-refractivity contribution is 6.06. The van der Waals surface area contributed by atoms with Crippen molar-refractivity contribution in [2.24, 2.45) is 0 Å². The van der Waals surface area contributed by atoms with Crippen LogP contribution in [0.4, 0.5) is 0 Å². The Bertz CT molecular complexity index is 899. The second kappa shape index (κ2) is 7.30. The normalized spacial score (nSPS) is 16.0. The van der Waals surface area contributed by atoms with Crippen LogP contribution in [-0.4, -0.2) is 35.4 Å². The molecule has 1 saturated heterocycles. The molecule has 0 unspecified atom stereocenters. The number of likely N-dealkylation sites (tertiary alicyclic amines) is 1. The zero-order valence-corrected chi connectivity index (χ0v) is 14.9. The molecule has 0 radical (unpaired) electrons. The van der Waals surface area contributed by atoms with Crippen molar-refractivity contribution in [3.05, 3.63) is 65.7 Å². The van der Waals surface area contributed by atoms with Crippen LogP contribution >= 0.6 is 0 Å². The second-order valence-electron chi connectivity index (χ2n) is 6.81. The Kier molecular flexibility index (Phi) is 4.71. The van der Waals surface area contributed by atoms with E-state index in [1.165, 1.54) is 12.8 Å². The van der Waals surface area contributed by atoms with Crippen molar-refractivity contribution in [3.63, 3.8) is 0 Å². The number of fused-ring (bicyclic) bond motifs is 1. The van der Waals surface area contributed by atoms with E-state index in [-0.39, 0.29) is 11.9 Å². The third kappa shape index (κ3) is 3.35. The van der Waals surface area contributed by atoms with Crippen LogP contribution in [0.5, 0.6) is 0 Å². The molecule has 4 rings (SSSR count). The summed E-state index contributed by atoms with van der Waals surface area (Å²) in [6, 6.07) is 13.6. The molecule has 5 nitrogen and oxygen atoms in total. The van der Waals surface area contributed by atoms with Gasteiger partial charge in [0.1, 0.15) is 5.76 Å². The number of pyridine rings is 1. The van der Waals surface area contributed by atoms with Gasteiger partial charge in [0, 0.05) is 17.6 Å². The lowest BCUT2D eigenvalue weighted by atomic mass is 10.1. The molecule has 0 spiro atoms. The number of furan rings is 1. The van der Waals surface area contributed by atoms with Gasteiger partial charge in [-0.15, -0.1) is 0 Å². The van der Waals surface area contributed by atoms with Gasteiger partial charge in [0.15, 0.2) is 0 Å². The molecule has 1 fully saturated rings. The van der Waals surface area contributed by atoms with Crippen molar-refractivity contribution < 1.29 is 9.21 Å².